The van der Waals surface area contributed by atoms with E-state index < -0.39 is 10.0 Å². The highest BCUT2D eigenvalue weighted by Gasteiger charge is 2.23. The van der Waals surface area contributed by atoms with Gasteiger partial charge in [0.2, 0.25) is 0 Å². The van der Waals surface area contributed by atoms with Crippen LogP contribution in [-0.4, -0.2) is 75.9 Å². The van der Waals surface area contributed by atoms with Crippen LogP contribution in [0, 0.1) is 0 Å². The standard InChI is InChI=1S/C20H37N5O2S2/c1-4-21-20(23-14-17-24-15-8-7-9-16-24)22-13-12-18-10-11-19(28-18)29(26,27)25(5-2)6-3/h10-11H,4-9,12-17H2,1-3H3,(H2,21,22,23). The van der Waals surface area contributed by atoms with Crippen LogP contribution < -0.4 is 10.6 Å². The van der Waals surface area contributed by atoms with Gasteiger partial charge in [-0.15, -0.1) is 11.3 Å². The molecule has 2 rings (SSSR count). The summed E-state index contributed by atoms with van der Waals surface area (Å²) in [5, 5.41) is 6.65. The molecule has 0 bridgehead atoms. The van der Waals surface area contributed by atoms with Crippen molar-refractivity contribution in [1.29, 1.82) is 0 Å². The molecule has 166 valence electrons. The number of rotatable bonds is 11. The Bertz CT molecular complexity index is 723. The van der Waals surface area contributed by atoms with Crippen LogP contribution in [0.3, 0.4) is 0 Å². The Balaban J connectivity index is 1.83. The first-order valence-corrected chi connectivity index (χ1v) is 13.1. The molecule has 0 unspecified atom stereocenters. The number of nitrogens with one attached hydrogen (secondary N) is 2. The summed E-state index contributed by atoms with van der Waals surface area (Å²) in [5.41, 5.74) is 0. The smallest absolute Gasteiger partial charge is 0.252 e. The minimum atomic E-state index is -3.36. The Morgan fingerprint density at radius 2 is 1.86 bits per heavy atom. The third kappa shape index (κ3) is 7.55. The van der Waals surface area contributed by atoms with Gasteiger partial charge in [0.25, 0.3) is 10.0 Å². The average Bonchev–Trinajstić information content (AvgIpc) is 3.19. The second-order valence-electron chi connectivity index (χ2n) is 7.15. The van der Waals surface area contributed by atoms with E-state index in [0.717, 1.165) is 43.4 Å². The van der Waals surface area contributed by atoms with Gasteiger partial charge in [-0.05, 0) is 51.4 Å². The Morgan fingerprint density at radius 3 is 2.52 bits per heavy atom. The maximum Gasteiger partial charge on any atom is 0.252 e. The molecule has 2 heterocycles. The van der Waals surface area contributed by atoms with Crippen molar-refractivity contribution in [3.8, 4) is 0 Å². The molecule has 0 spiro atoms. The summed E-state index contributed by atoms with van der Waals surface area (Å²) in [6.45, 7) is 12.5. The molecule has 2 N–H and O–H groups in total. The van der Waals surface area contributed by atoms with Gasteiger partial charge in [-0.1, -0.05) is 20.3 Å². The summed E-state index contributed by atoms with van der Waals surface area (Å²) in [6.07, 6.45) is 4.73. The Kier molecular flexibility index (Phi) is 10.4. The van der Waals surface area contributed by atoms with Crippen LogP contribution in [0.4, 0.5) is 0 Å². The van der Waals surface area contributed by atoms with Crippen molar-refractivity contribution >= 4 is 27.3 Å². The topological polar surface area (TPSA) is 77.0 Å². The van der Waals surface area contributed by atoms with Crippen LogP contribution >= 0.6 is 11.3 Å². The zero-order chi connectivity index (χ0) is 21.1. The number of piperidine rings is 1. The zero-order valence-electron chi connectivity index (χ0n) is 18.1. The number of sulfonamides is 1. The first kappa shape index (κ1) is 24.1. The number of hydrogen-bond donors (Lipinski definition) is 2. The van der Waals surface area contributed by atoms with Gasteiger partial charge < -0.3 is 15.5 Å². The highest BCUT2D eigenvalue weighted by atomic mass is 32.2. The van der Waals surface area contributed by atoms with Crippen molar-refractivity contribution in [3.05, 3.63) is 17.0 Å². The fraction of sp³-hybridized carbons (Fsp3) is 0.750. The molecule has 1 aliphatic rings. The second-order valence-corrected chi connectivity index (χ2v) is 10.5. The molecule has 0 aromatic carbocycles. The van der Waals surface area contributed by atoms with Crippen molar-refractivity contribution in [2.45, 2.75) is 50.7 Å². The van der Waals surface area contributed by atoms with Crippen LogP contribution in [0.5, 0.6) is 0 Å². The van der Waals surface area contributed by atoms with Crippen molar-refractivity contribution in [1.82, 2.24) is 19.8 Å². The first-order valence-electron chi connectivity index (χ1n) is 10.8. The Hall–Kier alpha value is -1.16. The summed E-state index contributed by atoms with van der Waals surface area (Å²) < 4.78 is 27.2. The number of likely N-dealkylation sites (tertiary alicyclic amines) is 1. The lowest BCUT2D eigenvalue weighted by Crippen LogP contribution is -2.39. The van der Waals surface area contributed by atoms with Crippen LogP contribution in [0.1, 0.15) is 44.9 Å². The predicted molar refractivity (Wildman–Crippen MR) is 122 cm³/mol. The molecular formula is C20H37N5O2S2. The van der Waals surface area contributed by atoms with E-state index >= 15 is 0 Å². The third-order valence-corrected chi connectivity index (χ3v) is 8.74. The van der Waals surface area contributed by atoms with Crippen LogP contribution in [0.25, 0.3) is 0 Å². The molecule has 0 radical (unpaired) electrons. The van der Waals surface area contributed by atoms with Gasteiger partial charge in [-0.3, -0.25) is 4.99 Å². The molecule has 1 aromatic heterocycles. The lowest BCUT2D eigenvalue weighted by atomic mass is 10.1. The molecule has 29 heavy (non-hydrogen) atoms. The monoisotopic (exact) mass is 443 g/mol. The van der Waals surface area contributed by atoms with E-state index in [4.69, 9.17) is 0 Å². The van der Waals surface area contributed by atoms with Gasteiger partial charge in [-0.25, -0.2) is 8.42 Å². The van der Waals surface area contributed by atoms with Crippen molar-refractivity contribution in [3.63, 3.8) is 0 Å². The number of hydrogen-bond acceptors (Lipinski definition) is 5. The molecule has 7 nitrogen and oxygen atoms in total. The highest BCUT2D eigenvalue weighted by molar-refractivity contribution is 7.91. The van der Waals surface area contributed by atoms with E-state index in [-0.39, 0.29) is 0 Å². The summed E-state index contributed by atoms with van der Waals surface area (Å²) in [7, 11) is -3.36. The van der Waals surface area contributed by atoms with Crippen LogP contribution in [0.15, 0.2) is 21.3 Å². The van der Waals surface area contributed by atoms with Gasteiger partial charge in [0.1, 0.15) is 4.21 Å². The molecule has 1 aromatic rings. The molecule has 0 saturated carbocycles. The quantitative estimate of drug-likeness (QED) is 0.406. The lowest BCUT2D eigenvalue weighted by Gasteiger charge is -2.25. The van der Waals surface area contributed by atoms with Crippen molar-refractivity contribution in [2.75, 3.05) is 52.4 Å². The van der Waals surface area contributed by atoms with Gasteiger partial charge in [0.05, 0.1) is 6.54 Å². The van der Waals surface area contributed by atoms with E-state index in [9.17, 15) is 8.42 Å². The molecule has 0 aliphatic carbocycles. The minimum absolute atomic E-state index is 0.429. The Labute approximate surface area is 180 Å². The molecule has 1 fully saturated rings. The maximum absolute atomic E-state index is 12.6. The second kappa shape index (κ2) is 12.5. The van der Waals surface area contributed by atoms with Crippen molar-refractivity contribution in [2.24, 2.45) is 4.99 Å². The third-order valence-electron chi connectivity index (χ3n) is 5.08. The highest BCUT2D eigenvalue weighted by Crippen LogP contribution is 2.25. The predicted octanol–water partition coefficient (Wildman–Crippen LogP) is 2.36. The Morgan fingerprint density at radius 1 is 1.14 bits per heavy atom. The first-order chi connectivity index (χ1) is 14.0. The fourth-order valence-electron chi connectivity index (χ4n) is 3.45. The molecule has 0 amide bonds. The van der Waals surface area contributed by atoms with Gasteiger partial charge in [-0.2, -0.15) is 4.31 Å². The van der Waals surface area contributed by atoms with E-state index in [1.165, 1.54) is 48.0 Å². The van der Waals surface area contributed by atoms with E-state index in [2.05, 4.69) is 27.4 Å². The van der Waals surface area contributed by atoms with Gasteiger partial charge in [0.15, 0.2) is 5.96 Å². The van der Waals surface area contributed by atoms with E-state index in [1.54, 1.807) is 6.07 Å². The van der Waals surface area contributed by atoms with Crippen LogP contribution in [-0.2, 0) is 16.4 Å². The van der Waals surface area contributed by atoms with Gasteiger partial charge in [0, 0.05) is 37.6 Å². The molecular weight excluding hydrogens is 406 g/mol. The van der Waals surface area contributed by atoms with Gasteiger partial charge >= 0.3 is 0 Å². The fourth-order valence-corrected chi connectivity index (χ4v) is 6.42. The summed E-state index contributed by atoms with van der Waals surface area (Å²) in [4.78, 5) is 8.23. The number of guanidine groups is 1. The maximum atomic E-state index is 12.6. The zero-order valence-corrected chi connectivity index (χ0v) is 19.7. The largest absolute Gasteiger partial charge is 0.357 e. The normalized spacial score (nSPS) is 16.3. The minimum Gasteiger partial charge on any atom is -0.357 e. The van der Waals surface area contributed by atoms with E-state index in [0.29, 0.717) is 17.3 Å². The summed E-state index contributed by atoms with van der Waals surface area (Å²) in [6, 6.07) is 3.65. The van der Waals surface area contributed by atoms with Crippen molar-refractivity contribution < 1.29 is 8.42 Å². The number of aliphatic imine (C=N–C) groups is 1. The molecule has 0 atom stereocenters. The number of thiophene rings is 1. The molecule has 1 aliphatic heterocycles. The average molecular weight is 444 g/mol. The molecule has 9 heteroatoms. The molecule has 1 saturated heterocycles. The lowest BCUT2D eigenvalue weighted by molar-refractivity contribution is 0.235. The van der Waals surface area contributed by atoms with Crippen LogP contribution in [0.2, 0.25) is 0 Å². The summed E-state index contributed by atoms with van der Waals surface area (Å²) >= 11 is 1.36. The number of nitrogens with zero attached hydrogens (tertiary/aromatic N) is 3. The summed E-state index contributed by atoms with van der Waals surface area (Å²) in [5.74, 6) is 0.831. The SMILES string of the molecule is CCNC(=NCCN1CCCCC1)NCCc1ccc(S(=O)(=O)N(CC)CC)s1. The van der Waals surface area contributed by atoms with E-state index in [1.807, 2.05) is 19.9 Å².